The summed E-state index contributed by atoms with van der Waals surface area (Å²) < 4.78 is 5.21. The molecule has 3 rings (SSSR count). The average molecular weight is 389 g/mol. The number of ether oxygens (including phenoxy) is 1. The molecule has 1 unspecified atom stereocenters. The van der Waals surface area contributed by atoms with Gasteiger partial charge in [0.2, 0.25) is 5.91 Å². The van der Waals surface area contributed by atoms with Crippen LogP contribution in [0.4, 0.5) is 0 Å². The third kappa shape index (κ3) is 5.45. The van der Waals surface area contributed by atoms with Gasteiger partial charge in [0.15, 0.2) is 0 Å². The highest BCUT2D eigenvalue weighted by Crippen LogP contribution is 2.18. The molecule has 28 heavy (non-hydrogen) atoms. The first-order valence-corrected chi connectivity index (χ1v) is 10.2. The minimum atomic E-state index is -0.811. The summed E-state index contributed by atoms with van der Waals surface area (Å²) in [5.74, 6) is 0.0993. The van der Waals surface area contributed by atoms with Gasteiger partial charge in [-0.25, -0.2) is 0 Å². The molecule has 0 saturated carbocycles. The van der Waals surface area contributed by atoms with Crippen LogP contribution >= 0.6 is 0 Å². The van der Waals surface area contributed by atoms with Crippen LogP contribution in [-0.4, -0.2) is 84.1 Å². The Morgan fingerprint density at radius 1 is 1.04 bits per heavy atom. The molecule has 2 heterocycles. The first-order valence-electron chi connectivity index (χ1n) is 10.2. The van der Waals surface area contributed by atoms with E-state index in [9.17, 15) is 14.7 Å². The molecule has 0 spiro atoms. The van der Waals surface area contributed by atoms with E-state index in [4.69, 9.17) is 4.74 Å². The van der Waals surface area contributed by atoms with Gasteiger partial charge in [0, 0.05) is 32.7 Å². The fraction of sp³-hybridized carbons (Fsp3) is 0.619. The third-order valence-corrected chi connectivity index (χ3v) is 5.74. The predicted molar refractivity (Wildman–Crippen MR) is 106 cm³/mol. The predicted octanol–water partition coefficient (Wildman–Crippen LogP) is 1.67. The molecule has 7 nitrogen and oxygen atoms in total. The number of carboxylic acid groups (broad SMARTS) is 1. The SMILES string of the molecule is COc1ccc(CN2CCCN(C(=O)CN3CCCCC3C(=O)O)CC2)cc1. The van der Waals surface area contributed by atoms with Crippen LogP contribution in [0.25, 0.3) is 0 Å². The monoisotopic (exact) mass is 389 g/mol. The van der Waals surface area contributed by atoms with E-state index in [2.05, 4.69) is 17.0 Å². The van der Waals surface area contributed by atoms with Gasteiger partial charge in [-0.15, -0.1) is 0 Å². The van der Waals surface area contributed by atoms with Crippen molar-refractivity contribution < 1.29 is 19.4 Å². The van der Waals surface area contributed by atoms with Gasteiger partial charge in [-0.3, -0.25) is 19.4 Å². The number of carboxylic acids is 1. The molecule has 1 amide bonds. The van der Waals surface area contributed by atoms with Crippen LogP contribution in [0, 0.1) is 0 Å². The van der Waals surface area contributed by atoms with Gasteiger partial charge in [-0.05, 0) is 43.5 Å². The Labute approximate surface area is 166 Å². The van der Waals surface area contributed by atoms with Gasteiger partial charge >= 0.3 is 5.97 Å². The summed E-state index contributed by atoms with van der Waals surface area (Å²) in [6.07, 6.45) is 3.46. The maximum absolute atomic E-state index is 12.8. The molecule has 0 aromatic heterocycles. The number of likely N-dealkylation sites (tertiary alicyclic amines) is 1. The van der Waals surface area contributed by atoms with E-state index in [0.29, 0.717) is 19.5 Å². The molecule has 2 fully saturated rings. The highest BCUT2D eigenvalue weighted by atomic mass is 16.5. The zero-order chi connectivity index (χ0) is 19.9. The second-order valence-electron chi connectivity index (χ2n) is 7.68. The fourth-order valence-electron chi connectivity index (χ4n) is 4.10. The molecule has 2 aliphatic heterocycles. The molecule has 154 valence electrons. The fourth-order valence-corrected chi connectivity index (χ4v) is 4.10. The molecule has 1 atom stereocenters. The summed E-state index contributed by atoms with van der Waals surface area (Å²) in [6, 6.07) is 7.58. The van der Waals surface area contributed by atoms with E-state index < -0.39 is 12.0 Å². The second kappa shape index (κ2) is 9.89. The number of carbonyl (C=O) groups is 2. The van der Waals surface area contributed by atoms with Crippen molar-refractivity contribution in [3.05, 3.63) is 29.8 Å². The lowest BCUT2D eigenvalue weighted by atomic mass is 10.0. The second-order valence-corrected chi connectivity index (χ2v) is 7.68. The van der Waals surface area contributed by atoms with Crippen molar-refractivity contribution in [3.63, 3.8) is 0 Å². The molecular weight excluding hydrogens is 358 g/mol. The van der Waals surface area contributed by atoms with Crippen molar-refractivity contribution in [2.45, 2.75) is 38.3 Å². The normalized spacial score (nSPS) is 21.9. The smallest absolute Gasteiger partial charge is 0.320 e. The number of carbonyl (C=O) groups excluding carboxylic acids is 1. The molecule has 1 aromatic rings. The van der Waals surface area contributed by atoms with Crippen molar-refractivity contribution >= 4 is 11.9 Å². The molecule has 2 saturated heterocycles. The van der Waals surface area contributed by atoms with E-state index in [-0.39, 0.29) is 12.5 Å². The van der Waals surface area contributed by atoms with Crippen LogP contribution in [0.15, 0.2) is 24.3 Å². The number of hydrogen-bond acceptors (Lipinski definition) is 5. The van der Waals surface area contributed by atoms with E-state index in [1.165, 1.54) is 5.56 Å². The highest BCUT2D eigenvalue weighted by Gasteiger charge is 2.31. The number of aliphatic carboxylic acids is 1. The third-order valence-electron chi connectivity index (χ3n) is 5.74. The number of piperidine rings is 1. The Kier molecular flexibility index (Phi) is 7.28. The van der Waals surface area contributed by atoms with Gasteiger partial charge in [-0.1, -0.05) is 18.6 Å². The summed E-state index contributed by atoms with van der Waals surface area (Å²) in [7, 11) is 1.66. The van der Waals surface area contributed by atoms with Crippen LogP contribution in [0.1, 0.15) is 31.2 Å². The van der Waals surface area contributed by atoms with Gasteiger partial charge in [0.05, 0.1) is 13.7 Å². The maximum Gasteiger partial charge on any atom is 0.320 e. The lowest BCUT2D eigenvalue weighted by Crippen LogP contribution is -2.50. The topological polar surface area (TPSA) is 73.3 Å². The molecule has 7 heteroatoms. The van der Waals surface area contributed by atoms with Crippen LogP contribution in [0.3, 0.4) is 0 Å². The summed E-state index contributed by atoms with van der Waals surface area (Å²) in [5, 5.41) is 9.40. The zero-order valence-electron chi connectivity index (χ0n) is 16.7. The lowest BCUT2D eigenvalue weighted by Gasteiger charge is -2.33. The Morgan fingerprint density at radius 3 is 2.54 bits per heavy atom. The number of benzene rings is 1. The number of nitrogens with zero attached hydrogens (tertiary/aromatic N) is 3. The molecule has 0 aliphatic carbocycles. The van der Waals surface area contributed by atoms with E-state index >= 15 is 0 Å². The van der Waals surface area contributed by atoms with Crippen molar-refractivity contribution in [1.82, 2.24) is 14.7 Å². The minimum absolute atomic E-state index is 0.0550. The Morgan fingerprint density at radius 2 is 1.82 bits per heavy atom. The number of amides is 1. The van der Waals surface area contributed by atoms with Crippen molar-refractivity contribution in [1.29, 1.82) is 0 Å². The van der Waals surface area contributed by atoms with Crippen LogP contribution < -0.4 is 4.74 Å². The van der Waals surface area contributed by atoms with Crippen molar-refractivity contribution in [3.8, 4) is 5.75 Å². The first-order chi connectivity index (χ1) is 13.6. The van der Waals surface area contributed by atoms with E-state index in [1.807, 2.05) is 21.9 Å². The average Bonchev–Trinajstić information content (AvgIpc) is 2.94. The minimum Gasteiger partial charge on any atom is -0.497 e. The van der Waals surface area contributed by atoms with Gasteiger partial charge < -0.3 is 14.7 Å². The first kappa shape index (κ1) is 20.6. The largest absolute Gasteiger partial charge is 0.497 e. The van der Waals surface area contributed by atoms with Crippen LogP contribution in [0.2, 0.25) is 0 Å². The Hall–Kier alpha value is -2.12. The molecule has 2 aliphatic rings. The Balaban J connectivity index is 1.51. The van der Waals surface area contributed by atoms with Gasteiger partial charge in [0.25, 0.3) is 0 Å². The summed E-state index contributed by atoms with van der Waals surface area (Å²) in [6.45, 7) is 5.00. The van der Waals surface area contributed by atoms with E-state index in [0.717, 1.165) is 51.2 Å². The quantitative estimate of drug-likeness (QED) is 0.798. The number of hydrogen-bond donors (Lipinski definition) is 1. The number of methoxy groups -OCH3 is 1. The van der Waals surface area contributed by atoms with Crippen LogP contribution in [0.5, 0.6) is 5.75 Å². The summed E-state index contributed by atoms with van der Waals surface area (Å²) >= 11 is 0. The van der Waals surface area contributed by atoms with Gasteiger partial charge in [0.1, 0.15) is 11.8 Å². The highest BCUT2D eigenvalue weighted by molar-refractivity contribution is 5.80. The Bertz CT molecular complexity index is 664. The molecule has 1 N–H and O–H groups in total. The summed E-state index contributed by atoms with van der Waals surface area (Å²) in [5.41, 5.74) is 1.23. The van der Waals surface area contributed by atoms with Crippen molar-refractivity contribution in [2.24, 2.45) is 0 Å². The van der Waals surface area contributed by atoms with Gasteiger partial charge in [-0.2, -0.15) is 0 Å². The molecule has 1 aromatic carbocycles. The lowest BCUT2D eigenvalue weighted by molar-refractivity contribution is -0.146. The van der Waals surface area contributed by atoms with Crippen molar-refractivity contribution in [2.75, 3.05) is 46.4 Å². The zero-order valence-corrected chi connectivity index (χ0v) is 16.7. The molecule has 0 bridgehead atoms. The molecular formula is C21H31N3O4. The van der Waals surface area contributed by atoms with E-state index in [1.54, 1.807) is 7.11 Å². The van der Waals surface area contributed by atoms with Crippen LogP contribution in [-0.2, 0) is 16.1 Å². The molecule has 0 radical (unpaired) electrons. The maximum atomic E-state index is 12.8. The number of rotatable bonds is 6. The summed E-state index contributed by atoms with van der Waals surface area (Å²) in [4.78, 5) is 30.4. The standard InChI is InChI=1S/C21H31N3O4/c1-28-18-8-6-17(7-9-18)15-22-10-4-12-23(14-13-22)20(25)16-24-11-3-2-5-19(24)21(26)27/h6-9,19H,2-5,10-16H2,1H3,(H,26,27).